The fourth-order valence-electron chi connectivity index (χ4n) is 2.56. The summed E-state index contributed by atoms with van der Waals surface area (Å²) in [6.45, 7) is 6.66. The predicted octanol–water partition coefficient (Wildman–Crippen LogP) is 2.69. The number of ether oxygens (including phenoxy) is 1. The van der Waals surface area contributed by atoms with E-state index in [1.54, 1.807) is 0 Å². The van der Waals surface area contributed by atoms with Gasteiger partial charge in [0.15, 0.2) is 5.17 Å². The molecule has 6 heteroatoms. The minimum Gasteiger partial charge on any atom is -0.494 e. The van der Waals surface area contributed by atoms with Crippen LogP contribution in [0.3, 0.4) is 0 Å². The van der Waals surface area contributed by atoms with Crippen molar-refractivity contribution in [2.75, 3.05) is 39.8 Å². The second kappa shape index (κ2) is 7.85. The van der Waals surface area contributed by atoms with E-state index >= 15 is 0 Å². The van der Waals surface area contributed by atoms with E-state index in [2.05, 4.69) is 28.8 Å². The Morgan fingerprint density at radius 1 is 1.21 bits per heavy atom. The summed E-state index contributed by atoms with van der Waals surface area (Å²) in [5.74, 6) is 0.721. The monoisotopic (exact) mass is 345 g/mol. The number of nitrogens with zero attached hydrogens (tertiary/aromatic N) is 3. The minimum atomic E-state index is -0.139. The van der Waals surface area contributed by atoms with Crippen LogP contribution >= 0.6 is 11.8 Å². The van der Waals surface area contributed by atoms with Crippen molar-refractivity contribution in [1.29, 1.82) is 0 Å². The maximum absolute atomic E-state index is 12.2. The third kappa shape index (κ3) is 4.19. The lowest BCUT2D eigenvalue weighted by Crippen LogP contribution is -2.46. The van der Waals surface area contributed by atoms with Gasteiger partial charge in [-0.05, 0) is 49.0 Å². The third-order valence-corrected chi connectivity index (χ3v) is 5.08. The molecule has 24 heavy (non-hydrogen) atoms. The number of amidine groups is 1. The van der Waals surface area contributed by atoms with Gasteiger partial charge in [0.25, 0.3) is 5.91 Å². The number of carbonyl (C=O) groups excluding carboxylic acids is 1. The van der Waals surface area contributed by atoms with Gasteiger partial charge in [0.1, 0.15) is 5.75 Å². The number of carbonyl (C=O) groups is 1. The van der Waals surface area contributed by atoms with Gasteiger partial charge in [-0.1, -0.05) is 19.1 Å². The molecule has 0 unspecified atom stereocenters. The van der Waals surface area contributed by atoms with Gasteiger partial charge in [-0.25, -0.2) is 0 Å². The SMILES string of the molecule is CCCOc1ccc(/C=C2/SC(N3CCN(C)CC3)=NC2=O)cc1. The van der Waals surface area contributed by atoms with Gasteiger partial charge in [-0.2, -0.15) is 4.99 Å². The number of rotatable bonds is 4. The molecule has 0 radical (unpaired) electrons. The van der Waals surface area contributed by atoms with Gasteiger partial charge in [0.2, 0.25) is 0 Å². The summed E-state index contributed by atoms with van der Waals surface area (Å²) in [5, 5.41) is 0.835. The third-order valence-electron chi connectivity index (χ3n) is 4.03. The van der Waals surface area contributed by atoms with Gasteiger partial charge in [-0.15, -0.1) is 0 Å². The molecule has 1 aromatic carbocycles. The highest BCUT2D eigenvalue weighted by molar-refractivity contribution is 8.18. The summed E-state index contributed by atoms with van der Waals surface area (Å²) in [7, 11) is 2.12. The Labute approximate surface area is 147 Å². The van der Waals surface area contributed by atoms with E-state index in [-0.39, 0.29) is 5.91 Å². The van der Waals surface area contributed by atoms with Gasteiger partial charge < -0.3 is 14.5 Å². The van der Waals surface area contributed by atoms with Crippen molar-refractivity contribution in [3.05, 3.63) is 34.7 Å². The van der Waals surface area contributed by atoms with E-state index in [0.717, 1.165) is 55.7 Å². The lowest BCUT2D eigenvalue weighted by molar-refractivity contribution is -0.113. The first kappa shape index (κ1) is 17.0. The Bertz CT molecular complexity index is 647. The molecule has 1 saturated heterocycles. The van der Waals surface area contributed by atoms with Crippen molar-refractivity contribution in [1.82, 2.24) is 9.80 Å². The first-order valence-corrected chi connectivity index (χ1v) is 9.16. The standard InChI is InChI=1S/C18H23N3O2S/c1-3-12-23-15-6-4-14(5-7-15)13-16-17(22)19-18(24-16)21-10-8-20(2)9-11-21/h4-7,13H,3,8-12H2,1-2H3/b16-13+. The van der Waals surface area contributed by atoms with E-state index in [0.29, 0.717) is 4.91 Å². The molecule has 128 valence electrons. The second-order valence-electron chi connectivity index (χ2n) is 6.02. The van der Waals surface area contributed by atoms with Crippen LogP contribution in [-0.2, 0) is 4.79 Å². The average Bonchev–Trinajstić information content (AvgIpc) is 2.95. The molecule has 0 aliphatic carbocycles. The Morgan fingerprint density at radius 2 is 1.92 bits per heavy atom. The molecule has 0 aromatic heterocycles. The van der Waals surface area contributed by atoms with Crippen molar-refractivity contribution in [2.45, 2.75) is 13.3 Å². The molecule has 0 N–H and O–H groups in total. The zero-order valence-electron chi connectivity index (χ0n) is 14.2. The number of hydrogen-bond donors (Lipinski definition) is 0. The highest BCUT2D eigenvalue weighted by Gasteiger charge is 2.27. The number of amides is 1. The Balaban J connectivity index is 1.63. The predicted molar refractivity (Wildman–Crippen MR) is 99.3 cm³/mol. The van der Waals surface area contributed by atoms with Crippen LogP contribution in [0.25, 0.3) is 6.08 Å². The Morgan fingerprint density at radius 3 is 2.58 bits per heavy atom. The molecule has 0 spiro atoms. The summed E-state index contributed by atoms with van der Waals surface area (Å²) < 4.78 is 5.58. The number of aliphatic imine (C=N–C) groups is 1. The van der Waals surface area contributed by atoms with Crippen LogP contribution in [0.15, 0.2) is 34.2 Å². The van der Waals surface area contributed by atoms with Crippen LogP contribution in [0.5, 0.6) is 5.75 Å². The van der Waals surface area contributed by atoms with Crippen LogP contribution in [0.1, 0.15) is 18.9 Å². The van der Waals surface area contributed by atoms with Crippen molar-refractivity contribution in [3.63, 3.8) is 0 Å². The largest absolute Gasteiger partial charge is 0.494 e. The Hall–Kier alpha value is -1.79. The number of thioether (sulfide) groups is 1. The normalized spacial score (nSPS) is 20.6. The highest BCUT2D eigenvalue weighted by Crippen LogP contribution is 2.30. The van der Waals surface area contributed by atoms with E-state index in [4.69, 9.17) is 4.74 Å². The van der Waals surface area contributed by atoms with Crippen LogP contribution in [0.2, 0.25) is 0 Å². The smallest absolute Gasteiger partial charge is 0.286 e. The molecule has 2 aliphatic rings. The molecule has 1 fully saturated rings. The molecule has 3 rings (SSSR count). The molecule has 0 atom stereocenters. The summed E-state index contributed by atoms with van der Waals surface area (Å²) in [4.78, 5) is 21.6. The summed E-state index contributed by atoms with van der Waals surface area (Å²) >= 11 is 1.48. The Kier molecular flexibility index (Phi) is 5.58. The zero-order chi connectivity index (χ0) is 16.9. The van der Waals surface area contributed by atoms with Crippen molar-refractivity contribution in [3.8, 4) is 5.75 Å². The molecule has 0 bridgehead atoms. The van der Waals surface area contributed by atoms with Crippen molar-refractivity contribution >= 4 is 28.9 Å². The lowest BCUT2D eigenvalue weighted by atomic mass is 10.2. The fraction of sp³-hybridized carbons (Fsp3) is 0.444. The molecule has 1 aromatic rings. The number of hydrogen-bond acceptors (Lipinski definition) is 5. The molecule has 0 saturated carbocycles. The first-order chi connectivity index (χ1) is 11.7. The van der Waals surface area contributed by atoms with Gasteiger partial charge in [0, 0.05) is 26.2 Å². The fourth-order valence-corrected chi connectivity index (χ4v) is 3.53. The first-order valence-electron chi connectivity index (χ1n) is 8.34. The van der Waals surface area contributed by atoms with Crippen LogP contribution in [0.4, 0.5) is 0 Å². The molecule has 1 amide bonds. The molecule has 5 nitrogen and oxygen atoms in total. The molecule has 2 heterocycles. The van der Waals surface area contributed by atoms with E-state index in [1.807, 2.05) is 30.3 Å². The number of benzene rings is 1. The van der Waals surface area contributed by atoms with E-state index in [9.17, 15) is 4.79 Å². The van der Waals surface area contributed by atoms with Gasteiger partial charge >= 0.3 is 0 Å². The number of piperazine rings is 1. The van der Waals surface area contributed by atoms with E-state index < -0.39 is 0 Å². The van der Waals surface area contributed by atoms with Crippen molar-refractivity contribution < 1.29 is 9.53 Å². The zero-order valence-corrected chi connectivity index (χ0v) is 15.0. The second-order valence-corrected chi connectivity index (χ2v) is 7.03. The van der Waals surface area contributed by atoms with Crippen LogP contribution < -0.4 is 4.74 Å². The molecule has 2 aliphatic heterocycles. The number of likely N-dealkylation sites (N-methyl/N-ethyl adjacent to an activating group) is 1. The van der Waals surface area contributed by atoms with Crippen LogP contribution in [0, 0.1) is 0 Å². The molecular formula is C18H23N3O2S. The molecular weight excluding hydrogens is 322 g/mol. The summed E-state index contributed by atoms with van der Waals surface area (Å²) in [5.41, 5.74) is 0.990. The topological polar surface area (TPSA) is 45.1 Å². The maximum Gasteiger partial charge on any atom is 0.286 e. The quantitative estimate of drug-likeness (QED) is 0.785. The van der Waals surface area contributed by atoms with Gasteiger partial charge in [0.05, 0.1) is 11.5 Å². The van der Waals surface area contributed by atoms with Gasteiger partial charge in [-0.3, -0.25) is 4.79 Å². The van der Waals surface area contributed by atoms with Crippen molar-refractivity contribution in [2.24, 2.45) is 4.99 Å². The highest BCUT2D eigenvalue weighted by atomic mass is 32.2. The van der Waals surface area contributed by atoms with E-state index in [1.165, 1.54) is 11.8 Å². The maximum atomic E-state index is 12.2. The average molecular weight is 345 g/mol. The summed E-state index contributed by atoms with van der Waals surface area (Å²) in [6, 6.07) is 7.82. The van der Waals surface area contributed by atoms with Crippen LogP contribution in [-0.4, -0.2) is 60.7 Å². The lowest BCUT2D eigenvalue weighted by Gasteiger charge is -2.32. The minimum absolute atomic E-state index is 0.139. The summed E-state index contributed by atoms with van der Waals surface area (Å²) in [6.07, 6.45) is 2.90.